The summed E-state index contributed by atoms with van der Waals surface area (Å²) in [5.74, 6) is -0.316. The van der Waals surface area contributed by atoms with Crippen LogP contribution < -0.4 is 0 Å². The fourth-order valence-corrected chi connectivity index (χ4v) is 4.10. The van der Waals surface area contributed by atoms with Gasteiger partial charge in [-0.1, -0.05) is 11.6 Å². The Balaban J connectivity index is 2.47. The number of benzene rings is 1. The summed E-state index contributed by atoms with van der Waals surface area (Å²) in [6, 6.07) is 4.02. The monoisotopic (exact) mass is 331 g/mol. The Morgan fingerprint density at radius 1 is 1.43 bits per heavy atom. The van der Waals surface area contributed by atoms with Gasteiger partial charge in [-0.15, -0.1) is 0 Å². The second-order valence-electron chi connectivity index (χ2n) is 5.23. The predicted molar refractivity (Wildman–Crippen MR) is 79.9 cm³/mol. The van der Waals surface area contributed by atoms with E-state index >= 15 is 0 Å². The quantitative estimate of drug-likeness (QED) is 0.778. The van der Waals surface area contributed by atoms with Gasteiger partial charge in [-0.3, -0.25) is 0 Å². The van der Waals surface area contributed by atoms with Gasteiger partial charge in [0.2, 0.25) is 10.0 Å². The number of sulfonamides is 1. The first-order valence-electron chi connectivity index (χ1n) is 6.65. The van der Waals surface area contributed by atoms with Gasteiger partial charge >= 0.3 is 5.97 Å². The van der Waals surface area contributed by atoms with Gasteiger partial charge in [0.25, 0.3) is 0 Å². The number of hydrogen-bond donors (Lipinski definition) is 0. The van der Waals surface area contributed by atoms with Crippen LogP contribution in [0.5, 0.6) is 0 Å². The Kier molecular flexibility index (Phi) is 4.60. The van der Waals surface area contributed by atoms with Gasteiger partial charge in [0.15, 0.2) is 0 Å². The van der Waals surface area contributed by atoms with E-state index in [1.165, 1.54) is 36.7 Å². The van der Waals surface area contributed by atoms with Gasteiger partial charge in [-0.2, -0.15) is 4.31 Å². The largest absolute Gasteiger partial charge is 0.465 e. The van der Waals surface area contributed by atoms with Crippen molar-refractivity contribution in [2.75, 3.05) is 14.2 Å². The van der Waals surface area contributed by atoms with E-state index in [0.29, 0.717) is 5.92 Å². The average molecular weight is 332 g/mol. The Hall–Kier alpha value is -1.11. The zero-order chi connectivity index (χ0) is 15.8. The summed E-state index contributed by atoms with van der Waals surface area (Å²) < 4.78 is 31.5. The third-order valence-electron chi connectivity index (χ3n) is 3.88. The van der Waals surface area contributed by atoms with Gasteiger partial charge in [0.1, 0.15) is 0 Å². The van der Waals surface area contributed by atoms with Crippen LogP contribution >= 0.6 is 11.6 Å². The van der Waals surface area contributed by atoms with Crippen molar-refractivity contribution in [2.24, 2.45) is 5.92 Å². The summed E-state index contributed by atoms with van der Waals surface area (Å²) in [7, 11) is -1.06. The molecule has 1 aliphatic carbocycles. The molecule has 0 heterocycles. The number of carbonyl (C=O) groups excluding carboxylic acids is 1. The van der Waals surface area contributed by atoms with E-state index in [9.17, 15) is 13.2 Å². The second kappa shape index (κ2) is 5.94. The topological polar surface area (TPSA) is 63.7 Å². The van der Waals surface area contributed by atoms with E-state index in [1.807, 2.05) is 6.92 Å². The molecule has 0 amide bonds. The van der Waals surface area contributed by atoms with Crippen LogP contribution in [0.15, 0.2) is 23.1 Å². The first-order valence-corrected chi connectivity index (χ1v) is 8.46. The van der Waals surface area contributed by atoms with Crippen molar-refractivity contribution in [3.63, 3.8) is 0 Å². The molecule has 7 heteroatoms. The molecule has 116 valence electrons. The van der Waals surface area contributed by atoms with E-state index in [1.54, 1.807) is 0 Å². The van der Waals surface area contributed by atoms with E-state index in [4.69, 9.17) is 11.6 Å². The van der Waals surface area contributed by atoms with Crippen molar-refractivity contribution in [1.29, 1.82) is 0 Å². The fraction of sp³-hybridized carbons (Fsp3) is 0.500. The minimum atomic E-state index is -3.80. The molecule has 21 heavy (non-hydrogen) atoms. The minimum absolute atomic E-state index is 0.00301. The van der Waals surface area contributed by atoms with Gasteiger partial charge in [0, 0.05) is 18.1 Å². The molecule has 1 atom stereocenters. The zero-order valence-corrected chi connectivity index (χ0v) is 13.7. The third-order valence-corrected chi connectivity index (χ3v) is 6.10. The highest BCUT2D eigenvalue weighted by molar-refractivity contribution is 7.89. The van der Waals surface area contributed by atoms with Crippen molar-refractivity contribution in [2.45, 2.75) is 30.7 Å². The average Bonchev–Trinajstić information content (AvgIpc) is 3.29. The number of ether oxygens (including phenoxy) is 1. The number of halogens is 1. The molecule has 5 nitrogen and oxygen atoms in total. The number of methoxy groups -OCH3 is 1. The maximum Gasteiger partial charge on any atom is 0.339 e. The van der Waals surface area contributed by atoms with Crippen molar-refractivity contribution in [3.05, 3.63) is 28.8 Å². The lowest BCUT2D eigenvalue weighted by atomic mass is 10.2. The van der Waals surface area contributed by atoms with Crippen LogP contribution in [0, 0.1) is 5.92 Å². The fourth-order valence-electron chi connectivity index (χ4n) is 2.24. The summed E-state index contributed by atoms with van der Waals surface area (Å²) in [6.07, 6.45) is 2.06. The first kappa shape index (κ1) is 16.3. The molecular formula is C14H18ClNO4S. The number of nitrogens with zero attached hydrogens (tertiary/aromatic N) is 1. The number of carbonyl (C=O) groups is 1. The van der Waals surface area contributed by atoms with Gasteiger partial charge in [-0.25, -0.2) is 13.2 Å². The Labute approximate surface area is 129 Å². The van der Waals surface area contributed by atoms with Crippen molar-refractivity contribution < 1.29 is 17.9 Å². The highest BCUT2D eigenvalue weighted by Gasteiger charge is 2.37. The normalized spacial score (nSPS) is 16.8. The van der Waals surface area contributed by atoms with E-state index in [-0.39, 0.29) is 21.5 Å². The molecular weight excluding hydrogens is 314 g/mol. The molecule has 1 aliphatic rings. The molecule has 0 N–H and O–H groups in total. The molecule has 1 saturated carbocycles. The van der Waals surface area contributed by atoms with Gasteiger partial charge < -0.3 is 4.74 Å². The molecule has 1 aromatic carbocycles. The smallest absolute Gasteiger partial charge is 0.339 e. The Morgan fingerprint density at radius 2 is 2.05 bits per heavy atom. The van der Waals surface area contributed by atoms with Crippen LogP contribution in [-0.2, 0) is 14.8 Å². The minimum Gasteiger partial charge on any atom is -0.465 e. The molecule has 2 rings (SSSR count). The van der Waals surface area contributed by atoms with E-state index in [2.05, 4.69) is 4.74 Å². The lowest BCUT2D eigenvalue weighted by Gasteiger charge is -2.25. The summed E-state index contributed by atoms with van der Waals surface area (Å²) in [6.45, 7) is 1.87. The van der Waals surface area contributed by atoms with Crippen molar-refractivity contribution >= 4 is 27.6 Å². The van der Waals surface area contributed by atoms with Crippen LogP contribution in [-0.4, -0.2) is 38.9 Å². The Morgan fingerprint density at radius 3 is 2.57 bits per heavy atom. The standard InChI is InChI=1S/C14H18ClNO4S/c1-9(10-4-5-10)16(2)21(18,19)13-8-11(15)6-7-12(13)14(17)20-3/h6-10H,4-5H2,1-3H3/t9-/m1/s1. The summed E-state index contributed by atoms with van der Waals surface area (Å²) in [5, 5.41) is 0.258. The van der Waals surface area contributed by atoms with Crippen molar-refractivity contribution in [3.8, 4) is 0 Å². The maximum atomic E-state index is 12.8. The molecule has 0 radical (unpaired) electrons. The summed E-state index contributed by atoms with van der Waals surface area (Å²) >= 11 is 5.89. The molecule has 1 aromatic rings. The molecule has 0 aromatic heterocycles. The van der Waals surface area contributed by atoms with E-state index < -0.39 is 16.0 Å². The lowest BCUT2D eigenvalue weighted by molar-refractivity contribution is 0.0596. The van der Waals surface area contributed by atoms with Crippen LogP contribution in [0.3, 0.4) is 0 Å². The number of rotatable bonds is 5. The van der Waals surface area contributed by atoms with Crippen LogP contribution in [0.1, 0.15) is 30.1 Å². The summed E-state index contributed by atoms with van der Waals surface area (Å²) in [4.78, 5) is 11.7. The third kappa shape index (κ3) is 3.22. The predicted octanol–water partition coefficient (Wildman–Crippen LogP) is 2.55. The second-order valence-corrected chi connectivity index (χ2v) is 7.63. The van der Waals surface area contributed by atoms with Crippen LogP contribution in [0.4, 0.5) is 0 Å². The Bertz CT molecular complexity index is 655. The van der Waals surface area contributed by atoms with Crippen LogP contribution in [0.25, 0.3) is 0 Å². The maximum absolute atomic E-state index is 12.8. The molecule has 0 aliphatic heterocycles. The molecule has 1 fully saturated rings. The number of esters is 1. The molecule has 0 unspecified atom stereocenters. The number of hydrogen-bond acceptors (Lipinski definition) is 4. The van der Waals surface area contributed by atoms with E-state index in [0.717, 1.165) is 12.8 Å². The highest BCUT2D eigenvalue weighted by Crippen LogP contribution is 2.37. The molecule has 0 saturated heterocycles. The zero-order valence-electron chi connectivity index (χ0n) is 12.2. The SMILES string of the molecule is COC(=O)c1ccc(Cl)cc1S(=O)(=O)N(C)[C@H](C)C1CC1. The molecule has 0 bridgehead atoms. The highest BCUT2D eigenvalue weighted by atomic mass is 35.5. The van der Waals surface area contributed by atoms with Crippen LogP contribution in [0.2, 0.25) is 5.02 Å². The lowest BCUT2D eigenvalue weighted by Crippen LogP contribution is -2.37. The molecule has 0 spiro atoms. The van der Waals surface area contributed by atoms with Gasteiger partial charge in [-0.05, 0) is 43.9 Å². The first-order chi connectivity index (χ1) is 9.78. The summed E-state index contributed by atoms with van der Waals surface area (Å²) in [5.41, 5.74) is -0.00301. The van der Waals surface area contributed by atoms with Crippen molar-refractivity contribution in [1.82, 2.24) is 4.31 Å². The van der Waals surface area contributed by atoms with Gasteiger partial charge in [0.05, 0.1) is 17.6 Å².